The van der Waals surface area contributed by atoms with Gasteiger partial charge in [0.25, 0.3) is 0 Å². The Morgan fingerprint density at radius 1 is 0.933 bits per heavy atom. The second-order valence-electron chi connectivity index (χ2n) is 16.1. The van der Waals surface area contributed by atoms with Crippen molar-refractivity contribution in [3.05, 3.63) is 35.9 Å². The highest BCUT2D eigenvalue weighted by atomic mass is 16.5. The molecule has 4 rings (SSSR count). The van der Waals surface area contributed by atoms with Crippen LogP contribution in [0.4, 0.5) is 4.79 Å². The number of hydrogen-bond donors (Lipinski definition) is 2. The number of carbonyl (C=O) groups excluding carboxylic acids is 5. The molecule has 3 aliphatic rings. The van der Waals surface area contributed by atoms with Crippen molar-refractivity contribution < 1.29 is 28.7 Å². The molecule has 1 saturated carbocycles. The van der Waals surface area contributed by atoms with E-state index >= 15 is 0 Å². The summed E-state index contributed by atoms with van der Waals surface area (Å²) in [5, 5.41) is 5.88. The van der Waals surface area contributed by atoms with Gasteiger partial charge < -0.3 is 20.3 Å². The molecule has 2 saturated heterocycles. The second-order valence-corrected chi connectivity index (χ2v) is 16.1. The topological polar surface area (TPSA) is 125 Å². The predicted octanol–water partition coefficient (Wildman–Crippen LogP) is 4.66. The Morgan fingerprint density at radius 2 is 1.56 bits per heavy atom. The van der Waals surface area contributed by atoms with E-state index in [2.05, 4.69) is 10.6 Å². The standard InChI is InChI=1S/C35H52N4O6/c1-33(2,3)25(20-38-26(40)17-35(7,8)18-27(38)41)36-32(44)37-29(34(4,5)6)30(42)39-19-23-15-12-16-24(23)28(39)31(43)45-21-22-13-10-9-11-14-22/h9-11,13-14,23-25,28-29H,12,15-21H2,1-8H3,(H2,36,37,44)/t23-,24-,25+,28-,29+/m0/s1. The average Bonchev–Trinajstić information content (AvgIpc) is 3.52. The Morgan fingerprint density at radius 3 is 2.13 bits per heavy atom. The maximum absolute atomic E-state index is 14.3. The van der Waals surface area contributed by atoms with E-state index in [9.17, 15) is 24.0 Å². The summed E-state index contributed by atoms with van der Waals surface area (Å²) in [6.07, 6.45) is 3.33. The first-order valence-electron chi connectivity index (χ1n) is 16.3. The largest absolute Gasteiger partial charge is 0.459 e. The summed E-state index contributed by atoms with van der Waals surface area (Å²) in [4.78, 5) is 70.1. The first-order valence-corrected chi connectivity index (χ1v) is 16.3. The van der Waals surface area contributed by atoms with Gasteiger partial charge in [-0.3, -0.25) is 19.3 Å². The van der Waals surface area contributed by atoms with Crippen LogP contribution < -0.4 is 10.6 Å². The van der Waals surface area contributed by atoms with Gasteiger partial charge in [-0.15, -0.1) is 0 Å². The van der Waals surface area contributed by atoms with Crippen molar-refractivity contribution >= 4 is 29.7 Å². The van der Waals surface area contributed by atoms with Gasteiger partial charge in [-0.05, 0) is 46.5 Å². The van der Waals surface area contributed by atoms with Crippen LogP contribution in [0, 0.1) is 28.1 Å². The fourth-order valence-corrected chi connectivity index (χ4v) is 6.93. The molecule has 248 valence electrons. The third-order valence-corrected chi connectivity index (χ3v) is 9.60. The molecule has 3 fully saturated rings. The smallest absolute Gasteiger partial charge is 0.329 e. The number of esters is 1. The van der Waals surface area contributed by atoms with Crippen LogP contribution in [-0.2, 0) is 30.5 Å². The van der Waals surface area contributed by atoms with Gasteiger partial charge in [0, 0.05) is 25.9 Å². The van der Waals surface area contributed by atoms with Crippen LogP contribution in [0.15, 0.2) is 30.3 Å². The lowest BCUT2D eigenvalue weighted by Crippen LogP contribution is -2.62. The van der Waals surface area contributed by atoms with Gasteiger partial charge >= 0.3 is 12.0 Å². The number of carbonyl (C=O) groups is 5. The van der Waals surface area contributed by atoms with E-state index in [-0.39, 0.29) is 55.6 Å². The van der Waals surface area contributed by atoms with Crippen molar-refractivity contribution in [2.24, 2.45) is 28.1 Å². The zero-order valence-electron chi connectivity index (χ0n) is 28.3. The summed E-state index contributed by atoms with van der Waals surface area (Å²) >= 11 is 0. The van der Waals surface area contributed by atoms with Gasteiger partial charge in [-0.1, -0.05) is 92.1 Å². The molecular formula is C35H52N4O6. The minimum absolute atomic E-state index is 0.0292. The van der Waals surface area contributed by atoms with E-state index in [1.54, 1.807) is 4.90 Å². The molecule has 0 radical (unpaired) electrons. The SMILES string of the molecule is CC1(C)CC(=O)N(C[C@@H](NC(=O)N[C@H](C(=O)N2C[C@@H]3CCC[C@@H]3[C@H]2C(=O)OCc2ccccc2)C(C)(C)C)C(C)(C)C)C(=O)C1. The second kappa shape index (κ2) is 13.1. The summed E-state index contributed by atoms with van der Waals surface area (Å²) in [6, 6.07) is 6.70. The van der Waals surface area contributed by atoms with Crippen molar-refractivity contribution in [1.82, 2.24) is 20.4 Å². The number of fused-ring (bicyclic) bond motifs is 1. The number of amides is 5. The highest BCUT2D eigenvalue weighted by Gasteiger charge is 2.52. The van der Waals surface area contributed by atoms with Gasteiger partial charge in [0.15, 0.2) is 0 Å². The Labute approximate surface area is 268 Å². The highest BCUT2D eigenvalue weighted by molar-refractivity contribution is 5.98. The Hall–Kier alpha value is -3.43. The number of hydrogen-bond acceptors (Lipinski definition) is 6. The molecule has 5 amide bonds. The maximum atomic E-state index is 14.3. The molecular weight excluding hydrogens is 572 g/mol. The monoisotopic (exact) mass is 624 g/mol. The summed E-state index contributed by atoms with van der Waals surface area (Å²) in [7, 11) is 0. The molecule has 0 aromatic heterocycles. The van der Waals surface area contributed by atoms with Crippen LogP contribution in [0.25, 0.3) is 0 Å². The minimum Gasteiger partial charge on any atom is -0.459 e. The molecule has 1 aromatic carbocycles. The lowest BCUT2D eigenvalue weighted by Gasteiger charge is -2.40. The Kier molecular flexibility index (Phi) is 10.0. The van der Waals surface area contributed by atoms with Gasteiger partial charge in [-0.25, -0.2) is 9.59 Å². The van der Waals surface area contributed by atoms with Crippen molar-refractivity contribution in [2.75, 3.05) is 13.1 Å². The first-order chi connectivity index (χ1) is 20.9. The molecule has 2 N–H and O–H groups in total. The highest BCUT2D eigenvalue weighted by Crippen LogP contribution is 2.43. The van der Waals surface area contributed by atoms with Gasteiger partial charge in [0.05, 0.1) is 6.04 Å². The van der Waals surface area contributed by atoms with Crippen molar-refractivity contribution in [1.29, 1.82) is 0 Å². The molecule has 5 atom stereocenters. The quantitative estimate of drug-likeness (QED) is 0.320. The van der Waals surface area contributed by atoms with Crippen molar-refractivity contribution in [2.45, 2.75) is 112 Å². The van der Waals surface area contributed by atoms with E-state index in [4.69, 9.17) is 4.74 Å². The van der Waals surface area contributed by atoms with Gasteiger partial charge in [0.1, 0.15) is 18.7 Å². The predicted molar refractivity (Wildman–Crippen MR) is 170 cm³/mol. The lowest BCUT2D eigenvalue weighted by atomic mass is 9.80. The Bertz CT molecular complexity index is 1260. The molecule has 0 unspecified atom stereocenters. The van der Waals surface area contributed by atoms with E-state index in [1.165, 1.54) is 4.90 Å². The van der Waals surface area contributed by atoms with Crippen LogP contribution in [-0.4, -0.2) is 70.7 Å². The zero-order chi connectivity index (χ0) is 33.3. The van der Waals surface area contributed by atoms with Crippen LogP contribution in [0.3, 0.4) is 0 Å². The van der Waals surface area contributed by atoms with E-state index in [1.807, 2.05) is 85.7 Å². The number of rotatable bonds is 8. The average molecular weight is 625 g/mol. The van der Waals surface area contributed by atoms with E-state index in [0.717, 1.165) is 24.8 Å². The molecule has 1 aliphatic carbocycles. The van der Waals surface area contributed by atoms with E-state index in [0.29, 0.717) is 6.54 Å². The lowest BCUT2D eigenvalue weighted by molar-refractivity contribution is -0.157. The molecule has 2 heterocycles. The zero-order valence-corrected chi connectivity index (χ0v) is 28.3. The normalized spacial score (nSPS) is 24.6. The summed E-state index contributed by atoms with van der Waals surface area (Å²) < 4.78 is 5.75. The summed E-state index contributed by atoms with van der Waals surface area (Å²) in [5.74, 6) is -0.982. The third kappa shape index (κ3) is 8.24. The number of nitrogens with one attached hydrogen (secondary N) is 2. The summed E-state index contributed by atoms with van der Waals surface area (Å²) in [6.45, 7) is 15.9. The maximum Gasteiger partial charge on any atom is 0.329 e. The fraction of sp³-hybridized carbons (Fsp3) is 0.686. The number of urea groups is 1. The van der Waals surface area contributed by atoms with Crippen molar-refractivity contribution in [3.63, 3.8) is 0 Å². The summed E-state index contributed by atoms with van der Waals surface area (Å²) in [5.41, 5.74) is -0.689. The number of benzene rings is 1. The third-order valence-electron chi connectivity index (χ3n) is 9.60. The number of imide groups is 1. The van der Waals surface area contributed by atoms with E-state index < -0.39 is 46.4 Å². The molecule has 2 aliphatic heterocycles. The fourth-order valence-electron chi connectivity index (χ4n) is 6.93. The molecule has 1 aromatic rings. The first kappa shape index (κ1) is 34.4. The minimum atomic E-state index is -0.930. The van der Waals surface area contributed by atoms with Gasteiger partial charge in [0.2, 0.25) is 17.7 Å². The molecule has 0 spiro atoms. The van der Waals surface area contributed by atoms with Crippen LogP contribution in [0.2, 0.25) is 0 Å². The van der Waals surface area contributed by atoms with Crippen LogP contribution >= 0.6 is 0 Å². The molecule has 10 nitrogen and oxygen atoms in total. The van der Waals surface area contributed by atoms with Crippen molar-refractivity contribution in [3.8, 4) is 0 Å². The number of likely N-dealkylation sites (tertiary alicyclic amines) is 2. The molecule has 45 heavy (non-hydrogen) atoms. The van der Waals surface area contributed by atoms with Crippen LogP contribution in [0.5, 0.6) is 0 Å². The molecule has 10 heteroatoms. The number of piperidine rings is 1. The van der Waals surface area contributed by atoms with Gasteiger partial charge in [-0.2, -0.15) is 0 Å². The Balaban J connectivity index is 1.49. The number of nitrogens with zero attached hydrogens (tertiary/aromatic N) is 2. The molecule has 0 bridgehead atoms. The number of ether oxygens (including phenoxy) is 1. The van der Waals surface area contributed by atoms with Crippen LogP contribution in [0.1, 0.15) is 93.1 Å².